The van der Waals surface area contributed by atoms with Crippen LogP contribution in [0.3, 0.4) is 0 Å². The molecule has 1 aliphatic heterocycles. The quantitative estimate of drug-likeness (QED) is 0.232. The average Bonchev–Trinajstić information content (AvgIpc) is 2.51. The third-order valence-corrected chi connectivity index (χ3v) is 2.02. The van der Waals surface area contributed by atoms with E-state index in [2.05, 4.69) is 9.99 Å². The standard InChI is InChI=1S/C6H9N4O3S/c1-2-13-8-5(3-11)6-4-14-10(7)9(6)12/h3-4H,2,7H2,1H3/q-1/b8-5+. The van der Waals surface area contributed by atoms with Crippen LogP contribution in [0.25, 0.3) is 0 Å². The Labute approximate surface area is 84.8 Å². The summed E-state index contributed by atoms with van der Waals surface area (Å²) in [5, 5.41) is 16.4. The number of hydrogen-bond acceptors (Lipinski definition) is 8. The normalized spacial score (nSPS) is 18.4. The lowest BCUT2D eigenvalue weighted by Gasteiger charge is -2.31. The first-order chi connectivity index (χ1) is 6.70. The van der Waals surface area contributed by atoms with Gasteiger partial charge in [-0.1, -0.05) is 5.16 Å². The molecule has 0 saturated carbocycles. The Morgan fingerprint density at radius 2 is 2.64 bits per heavy atom. The summed E-state index contributed by atoms with van der Waals surface area (Å²) in [6.45, 7) is 2.04. The van der Waals surface area contributed by atoms with E-state index >= 15 is 0 Å². The first kappa shape index (κ1) is 11.0. The second kappa shape index (κ2) is 4.96. The van der Waals surface area contributed by atoms with Crippen molar-refractivity contribution in [3.63, 3.8) is 0 Å². The third-order valence-electron chi connectivity index (χ3n) is 1.32. The van der Waals surface area contributed by atoms with Crippen molar-refractivity contribution >= 4 is 23.9 Å². The lowest BCUT2D eigenvalue weighted by molar-refractivity contribution is -0.102. The van der Waals surface area contributed by atoms with Gasteiger partial charge >= 0.3 is 0 Å². The van der Waals surface area contributed by atoms with E-state index in [1.807, 2.05) is 0 Å². The average molecular weight is 217 g/mol. The fourth-order valence-electron chi connectivity index (χ4n) is 0.719. The number of hydroxylamine groups is 1. The molecule has 1 heterocycles. The topological polar surface area (TPSA) is 94.2 Å². The molecule has 0 aromatic heterocycles. The molecule has 1 rings (SSSR count). The van der Waals surface area contributed by atoms with Crippen molar-refractivity contribution in [3.8, 4) is 0 Å². The predicted octanol–water partition coefficient (Wildman–Crippen LogP) is -0.0285. The number of carbonyl (C=O) groups is 1. The molecule has 0 aromatic carbocycles. The molecular formula is C6H9N4O3S-. The summed E-state index contributed by atoms with van der Waals surface area (Å²) < 4.78 is 0.834. The number of nitrogens with two attached hydrogens (primary N) is 1. The zero-order valence-electron chi connectivity index (χ0n) is 7.41. The number of oxime groups is 1. The second-order valence-corrected chi connectivity index (χ2v) is 3.02. The molecule has 14 heavy (non-hydrogen) atoms. The van der Waals surface area contributed by atoms with Crippen LogP contribution in [-0.2, 0) is 9.63 Å². The molecule has 0 fully saturated rings. The van der Waals surface area contributed by atoms with Crippen LogP contribution in [-0.4, -0.2) is 28.3 Å². The minimum absolute atomic E-state index is 0.0703. The van der Waals surface area contributed by atoms with Crippen molar-refractivity contribution in [2.24, 2.45) is 11.0 Å². The summed E-state index contributed by atoms with van der Waals surface area (Å²) in [5.74, 6) is 5.24. The van der Waals surface area contributed by atoms with Crippen LogP contribution >= 0.6 is 11.9 Å². The monoisotopic (exact) mass is 217 g/mol. The molecule has 2 N–H and O–H groups in total. The van der Waals surface area contributed by atoms with Gasteiger partial charge in [0.15, 0.2) is 12.0 Å². The van der Waals surface area contributed by atoms with Crippen LogP contribution in [0.5, 0.6) is 0 Å². The number of hydrazine groups is 2. The van der Waals surface area contributed by atoms with Gasteiger partial charge in [0, 0.05) is 5.41 Å². The van der Waals surface area contributed by atoms with E-state index in [1.165, 1.54) is 5.41 Å². The van der Waals surface area contributed by atoms with Gasteiger partial charge in [0.2, 0.25) is 0 Å². The first-order valence-electron chi connectivity index (χ1n) is 3.75. The van der Waals surface area contributed by atoms with E-state index in [0.29, 0.717) is 18.1 Å². The van der Waals surface area contributed by atoms with E-state index in [-0.39, 0.29) is 11.4 Å². The van der Waals surface area contributed by atoms with Crippen molar-refractivity contribution < 1.29 is 9.63 Å². The highest BCUT2D eigenvalue weighted by Crippen LogP contribution is 2.25. The molecule has 0 atom stereocenters. The van der Waals surface area contributed by atoms with E-state index in [4.69, 9.17) is 5.84 Å². The lowest BCUT2D eigenvalue weighted by atomic mass is 10.3. The van der Waals surface area contributed by atoms with Crippen molar-refractivity contribution in [3.05, 3.63) is 16.3 Å². The molecule has 0 bridgehead atoms. The number of carbonyl (C=O) groups excluding carboxylic acids is 1. The minimum atomic E-state index is -0.0812. The van der Waals surface area contributed by atoms with Crippen LogP contribution in [0, 0.1) is 5.21 Å². The van der Waals surface area contributed by atoms with Gasteiger partial charge in [-0.2, -0.15) is 0 Å². The van der Waals surface area contributed by atoms with Gasteiger partial charge in [0.05, 0.1) is 5.70 Å². The Morgan fingerprint density at radius 3 is 3.07 bits per heavy atom. The van der Waals surface area contributed by atoms with Crippen LogP contribution in [0.2, 0.25) is 0 Å². The van der Waals surface area contributed by atoms with Gasteiger partial charge in [-0.05, 0) is 18.9 Å². The molecular weight excluding hydrogens is 208 g/mol. The summed E-state index contributed by atoms with van der Waals surface area (Å²) in [5.41, 5.74) is -0.0109. The van der Waals surface area contributed by atoms with Gasteiger partial charge in [0.25, 0.3) is 0 Å². The summed E-state index contributed by atoms with van der Waals surface area (Å²) in [7, 11) is 0. The van der Waals surface area contributed by atoms with Gasteiger partial charge in [-0.25, -0.2) is 5.84 Å². The maximum absolute atomic E-state index is 11.2. The van der Waals surface area contributed by atoms with Crippen molar-refractivity contribution in [2.75, 3.05) is 6.61 Å². The molecule has 8 heteroatoms. The summed E-state index contributed by atoms with van der Waals surface area (Å²) in [6.07, 6.45) is 0.437. The second-order valence-electron chi connectivity index (χ2n) is 2.20. The highest BCUT2D eigenvalue weighted by Gasteiger charge is 2.19. The molecule has 7 nitrogen and oxygen atoms in total. The Balaban J connectivity index is 2.76. The van der Waals surface area contributed by atoms with E-state index in [0.717, 1.165) is 16.5 Å². The van der Waals surface area contributed by atoms with E-state index in [1.54, 1.807) is 6.92 Å². The number of rotatable bonds is 4. The molecule has 0 spiro atoms. The molecule has 78 valence electrons. The Hall–Kier alpha value is -1.09. The number of hydrogen-bond donors (Lipinski definition) is 1. The maximum atomic E-state index is 11.2. The minimum Gasteiger partial charge on any atom is -0.741 e. The Kier molecular flexibility index (Phi) is 3.89. The molecule has 0 unspecified atom stereocenters. The molecule has 0 radical (unpaired) electrons. The molecule has 0 amide bonds. The Bertz CT molecular complexity index is 280. The highest BCUT2D eigenvalue weighted by molar-refractivity contribution is 8.00. The number of allylic oxidation sites excluding steroid dienone is 1. The number of nitrogens with zero attached hydrogens (tertiary/aromatic N) is 3. The van der Waals surface area contributed by atoms with Gasteiger partial charge in [-0.3, -0.25) is 4.79 Å². The fraction of sp³-hybridized carbons (Fsp3) is 0.333. The van der Waals surface area contributed by atoms with Crippen LogP contribution in [0.4, 0.5) is 0 Å². The van der Waals surface area contributed by atoms with Crippen LogP contribution in [0.15, 0.2) is 16.3 Å². The maximum Gasteiger partial charge on any atom is 0.174 e. The summed E-state index contributed by atoms with van der Waals surface area (Å²) in [4.78, 5) is 15.2. The van der Waals surface area contributed by atoms with E-state index in [9.17, 15) is 10.0 Å². The van der Waals surface area contributed by atoms with Crippen LogP contribution < -0.4 is 5.84 Å². The fourth-order valence-corrected chi connectivity index (χ4v) is 1.31. The highest BCUT2D eigenvalue weighted by atomic mass is 32.2. The summed E-state index contributed by atoms with van der Waals surface area (Å²) >= 11 is 0.958. The zero-order valence-corrected chi connectivity index (χ0v) is 8.23. The van der Waals surface area contributed by atoms with Crippen LogP contribution in [0.1, 0.15) is 6.92 Å². The lowest BCUT2D eigenvalue weighted by Crippen LogP contribution is -2.36. The van der Waals surface area contributed by atoms with Crippen molar-refractivity contribution in [1.82, 2.24) is 9.70 Å². The summed E-state index contributed by atoms with van der Waals surface area (Å²) in [6, 6.07) is 0. The Morgan fingerprint density at radius 1 is 1.93 bits per heavy atom. The number of aldehydes is 1. The van der Waals surface area contributed by atoms with E-state index < -0.39 is 0 Å². The van der Waals surface area contributed by atoms with Gasteiger partial charge < -0.3 is 15.2 Å². The van der Waals surface area contributed by atoms with Crippen molar-refractivity contribution in [1.29, 1.82) is 0 Å². The predicted molar refractivity (Wildman–Crippen MR) is 52.0 cm³/mol. The first-order valence-corrected chi connectivity index (χ1v) is 4.58. The van der Waals surface area contributed by atoms with Gasteiger partial charge in [-0.15, -0.1) is 4.52 Å². The molecule has 0 aromatic rings. The molecule has 0 saturated heterocycles. The van der Waals surface area contributed by atoms with Crippen molar-refractivity contribution in [2.45, 2.75) is 6.92 Å². The molecule has 1 aliphatic rings. The largest absolute Gasteiger partial charge is 0.741 e. The molecule has 0 aliphatic carbocycles. The smallest absolute Gasteiger partial charge is 0.174 e. The van der Waals surface area contributed by atoms with Gasteiger partial charge in [0.1, 0.15) is 6.61 Å². The third kappa shape index (κ3) is 2.23. The SMILES string of the molecule is CCO/N=C(\C=O)C1=CSN(N)N1[O-]. The zero-order chi connectivity index (χ0) is 10.6.